The van der Waals surface area contributed by atoms with Crippen molar-refractivity contribution in [3.63, 3.8) is 0 Å². The zero-order chi connectivity index (χ0) is 12.0. The molecule has 0 unspecified atom stereocenters. The number of nitrogens with two attached hydrogens (primary N) is 1. The molecule has 0 aliphatic heterocycles. The number of hydrogen-bond donors (Lipinski definition) is 2. The maximum atomic E-state index is 10.9. The number of nitrogens with one attached hydrogen (secondary N) is 1. The predicted molar refractivity (Wildman–Crippen MR) is 59.3 cm³/mol. The molecule has 0 saturated carbocycles. The lowest BCUT2D eigenvalue weighted by atomic mass is 10.3. The summed E-state index contributed by atoms with van der Waals surface area (Å²) in [6.45, 7) is 2.14. The van der Waals surface area contributed by atoms with Crippen LogP contribution in [0.4, 0.5) is 9.93 Å². The van der Waals surface area contributed by atoms with E-state index in [1.807, 2.05) is 0 Å². The Hall–Kier alpha value is -1.96. The van der Waals surface area contributed by atoms with Gasteiger partial charge >= 0.3 is 6.09 Å². The van der Waals surface area contributed by atoms with Gasteiger partial charge in [0.15, 0.2) is 17.1 Å². The molecule has 0 spiro atoms. The van der Waals surface area contributed by atoms with Crippen LogP contribution in [-0.4, -0.2) is 29.6 Å². The molecule has 1 aromatic rings. The maximum absolute atomic E-state index is 10.9. The zero-order valence-corrected chi connectivity index (χ0v) is 9.28. The summed E-state index contributed by atoms with van der Waals surface area (Å²) >= 11 is 1.16. The summed E-state index contributed by atoms with van der Waals surface area (Å²) in [5.41, 5.74) is 5.59. The van der Waals surface area contributed by atoms with Gasteiger partial charge in [-0.1, -0.05) is 5.16 Å². The van der Waals surface area contributed by atoms with Crippen LogP contribution < -0.4 is 11.1 Å². The molecule has 16 heavy (non-hydrogen) atoms. The van der Waals surface area contributed by atoms with Crippen LogP contribution in [0.5, 0.6) is 0 Å². The summed E-state index contributed by atoms with van der Waals surface area (Å²) < 4.78 is 0. The summed E-state index contributed by atoms with van der Waals surface area (Å²) in [6.07, 6.45) is -0.293. The van der Waals surface area contributed by atoms with Crippen LogP contribution >= 0.6 is 11.3 Å². The van der Waals surface area contributed by atoms with Crippen molar-refractivity contribution < 1.29 is 14.4 Å². The molecule has 1 aromatic heterocycles. The predicted octanol–water partition coefficient (Wildman–Crippen LogP) is 0.374. The van der Waals surface area contributed by atoms with Crippen molar-refractivity contribution in [2.45, 2.75) is 6.92 Å². The van der Waals surface area contributed by atoms with Crippen LogP contribution in [0.15, 0.2) is 10.5 Å². The largest absolute Gasteiger partial charge is 0.433 e. The Morgan fingerprint density at radius 2 is 2.56 bits per heavy atom. The SMILES string of the molecule is CCNC(=O)O/N=C(\C=O)c1csc(N)n1. The van der Waals surface area contributed by atoms with Crippen molar-refractivity contribution in [2.24, 2.45) is 5.16 Å². The Morgan fingerprint density at radius 1 is 1.81 bits per heavy atom. The molecule has 0 aromatic carbocycles. The van der Waals surface area contributed by atoms with Crippen LogP contribution in [-0.2, 0) is 9.63 Å². The smallest absolute Gasteiger partial charge is 0.375 e. The highest BCUT2D eigenvalue weighted by molar-refractivity contribution is 7.13. The molecule has 1 amide bonds. The molecule has 0 saturated heterocycles. The Morgan fingerprint density at radius 3 is 3.06 bits per heavy atom. The molecule has 8 heteroatoms. The lowest BCUT2D eigenvalue weighted by Crippen LogP contribution is -2.22. The summed E-state index contributed by atoms with van der Waals surface area (Å²) in [5, 5.41) is 7.58. The van der Waals surface area contributed by atoms with E-state index in [-0.39, 0.29) is 11.4 Å². The number of carbonyl (C=O) groups is 2. The van der Waals surface area contributed by atoms with Gasteiger partial charge in [-0.2, -0.15) is 0 Å². The van der Waals surface area contributed by atoms with Crippen LogP contribution in [0.25, 0.3) is 0 Å². The molecular weight excluding hydrogens is 232 g/mol. The fourth-order valence-electron chi connectivity index (χ4n) is 0.801. The third-order valence-corrected chi connectivity index (χ3v) is 2.12. The zero-order valence-electron chi connectivity index (χ0n) is 8.47. The van der Waals surface area contributed by atoms with E-state index >= 15 is 0 Å². The number of aromatic nitrogens is 1. The third-order valence-electron chi connectivity index (χ3n) is 1.44. The first-order chi connectivity index (χ1) is 7.67. The number of nitrogens with zero attached hydrogens (tertiary/aromatic N) is 2. The molecule has 7 nitrogen and oxygen atoms in total. The molecule has 0 aliphatic rings. The number of hydrogen-bond acceptors (Lipinski definition) is 7. The van der Waals surface area contributed by atoms with E-state index in [1.165, 1.54) is 0 Å². The highest BCUT2D eigenvalue weighted by atomic mass is 32.1. The van der Waals surface area contributed by atoms with Crippen LogP contribution in [0.2, 0.25) is 0 Å². The Bertz CT molecular complexity index is 415. The topological polar surface area (TPSA) is 107 Å². The first-order valence-electron chi connectivity index (χ1n) is 4.36. The molecular formula is C8H10N4O3S. The van der Waals surface area contributed by atoms with Gasteiger partial charge in [0.25, 0.3) is 0 Å². The molecule has 0 fully saturated rings. The number of thiazole rings is 1. The first kappa shape index (κ1) is 12.1. The minimum absolute atomic E-state index is 0.0841. The molecule has 86 valence electrons. The lowest BCUT2D eigenvalue weighted by Gasteiger charge is -1.98. The number of nitrogen functional groups attached to an aromatic ring is 1. The Labute approximate surface area is 95.3 Å². The second-order valence-electron chi connectivity index (χ2n) is 2.57. The van der Waals surface area contributed by atoms with E-state index in [1.54, 1.807) is 12.3 Å². The molecule has 3 N–H and O–H groups in total. The van der Waals surface area contributed by atoms with Crippen molar-refractivity contribution >= 4 is 34.6 Å². The number of rotatable bonds is 4. The van der Waals surface area contributed by atoms with E-state index in [2.05, 4.69) is 20.3 Å². The molecule has 0 aliphatic carbocycles. The minimum atomic E-state index is -0.731. The minimum Gasteiger partial charge on any atom is -0.375 e. The highest BCUT2D eigenvalue weighted by Gasteiger charge is 2.08. The highest BCUT2D eigenvalue weighted by Crippen LogP contribution is 2.11. The number of oxime groups is 1. The molecule has 1 rings (SSSR count). The lowest BCUT2D eigenvalue weighted by molar-refractivity contribution is -0.102. The van der Waals surface area contributed by atoms with Crippen LogP contribution in [0.3, 0.4) is 0 Å². The van der Waals surface area contributed by atoms with Gasteiger partial charge in [-0.3, -0.25) is 9.63 Å². The summed E-state index contributed by atoms with van der Waals surface area (Å²) in [4.78, 5) is 29.8. The van der Waals surface area contributed by atoms with Gasteiger partial charge in [-0.05, 0) is 6.92 Å². The molecule has 0 radical (unpaired) electrons. The third kappa shape index (κ3) is 3.31. The second-order valence-corrected chi connectivity index (χ2v) is 3.46. The van der Waals surface area contributed by atoms with Gasteiger partial charge < -0.3 is 11.1 Å². The van der Waals surface area contributed by atoms with Gasteiger partial charge in [-0.25, -0.2) is 9.78 Å². The van der Waals surface area contributed by atoms with E-state index in [0.717, 1.165) is 11.3 Å². The normalized spacial score (nSPS) is 10.9. The molecule has 0 bridgehead atoms. The van der Waals surface area contributed by atoms with E-state index in [0.29, 0.717) is 18.0 Å². The van der Waals surface area contributed by atoms with Crippen molar-refractivity contribution in [2.75, 3.05) is 12.3 Å². The first-order valence-corrected chi connectivity index (χ1v) is 5.24. The van der Waals surface area contributed by atoms with E-state index in [9.17, 15) is 9.59 Å². The van der Waals surface area contributed by atoms with Gasteiger partial charge in [0, 0.05) is 11.9 Å². The van der Waals surface area contributed by atoms with Crippen LogP contribution in [0, 0.1) is 0 Å². The van der Waals surface area contributed by atoms with Crippen molar-refractivity contribution in [1.82, 2.24) is 10.3 Å². The number of aldehydes is 1. The average Bonchev–Trinajstić information content (AvgIpc) is 2.66. The average molecular weight is 242 g/mol. The van der Waals surface area contributed by atoms with Crippen molar-refractivity contribution in [1.29, 1.82) is 0 Å². The van der Waals surface area contributed by atoms with Gasteiger partial charge in [-0.15, -0.1) is 11.3 Å². The van der Waals surface area contributed by atoms with Gasteiger partial charge in [0.05, 0.1) is 0 Å². The molecule has 1 heterocycles. The quantitative estimate of drug-likeness (QED) is 0.343. The number of carbonyl (C=O) groups excluding carboxylic acids is 2. The molecule has 0 atom stereocenters. The van der Waals surface area contributed by atoms with Crippen molar-refractivity contribution in [3.8, 4) is 0 Å². The number of anilines is 1. The summed E-state index contributed by atoms with van der Waals surface area (Å²) in [6, 6.07) is 0. The standard InChI is InChI=1S/C8H10N4O3S/c1-2-10-8(14)15-12-5(3-13)6-4-16-7(9)11-6/h3-4H,2H2,1H3,(H2,9,11)(H,10,14)/b12-5+. The maximum Gasteiger partial charge on any atom is 0.433 e. The van der Waals surface area contributed by atoms with Crippen molar-refractivity contribution in [3.05, 3.63) is 11.1 Å². The van der Waals surface area contributed by atoms with Gasteiger partial charge in [0.2, 0.25) is 0 Å². The summed E-state index contributed by atoms with van der Waals surface area (Å²) in [5.74, 6) is 0. The summed E-state index contributed by atoms with van der Waals surface area (Å²) in [7, 11) is 0. The van der Waals surface area contributed by atoms with Gasteiger partial charge in [0.1, 0.15) is 5.69 Å². The fourth-order valence-corrected chi connectivity index (χ4v) is 1.36. The number of amides is 1. The Kier molecular flexibility index (Phi) is 4.40. The Balaban J connectivity index is 2.71. The van der Waals surface area contributed by atoms with E-state index in [4.69, 9.17) is 5.73 Å². The fraction of sp³-hybridized carbons (Fsp3) is 0.250. The second kappa shape index (κ2) is 5.81. The van der Waals surface area contributed by atoms with Crippen LogP contribution in [0.1, 0.15) is 12.6 Å². The van der Waals surface area contributed by atoms with E-state index < -0.39 is 6.09 Å². The monoisotopic (exact) mass is 242 g/mol.